The lowest BCUT2D eigenvalue weighted by Crippen LogP contribution is -2.48. The normalized spacial score (nSPS) is 28.6. The van der Waals surface area contributed by atoms with Crippen LogP contribution in [0.4, 0.5) is 0 Å². The fourth-order valence-electron chi connectivity index (χ4n) is 2.30. The quantitative estimate of drug-likeness (QED) is 0.759. The molecule has 0 radical (unpaired) electrons. The molecule has 17 heavy (non-hydrogen) atoms. The second-order valence-electron chi connectivity index (χ2n) is 4.76. The number of nitrogens with zero attached hydrogens (tertiary/aromatic N) is 1. The van der Waals surface area contributed by atoms with Gasteiger partial charge in [-0.15, -0.1) is 0 Å². The van der Waals surface area contributed by atoms with Crippen LogP contribution in [-0.2, 0) is 10.2 Å². The lowest BCUT2D eigenvalue weighted by Gasteiger charge is -2.31. The SMILES string of the molecule is NCC1CCN(S(=O)(=O)NC2CCSC2)CC1. The molecular formula is C10H21N3O2S2. The lowest BCUT2D eigenvalue weighted by molar-refractivity contribution is 0.274. The molecule has 2 saturated heterocycles. The van der Waals surface area contributed by atoms with E-state index in [-0.39, 0.29) is 6.04 Å². The van der Waals surface area contributed by atoms with Crippen molar-refractivity contribution >= 4 is 22.0 Å². The molecule has 3 N–H and O–H groups in total. The Kier molecular flexibility index (Phi) is 4.71. The first-order valence-electron chi connectivity index (χ1n) is 6.17. The Morgan fingerprint density at radius 3 is 2.53 bits per heavy atom. The second kappa shape index (κ2) is 5.88. The van der Waals surface area contributed by atoms with E-state index in [9.17, 15) is 8.42 Å². The summed E-state index contributed by atoms with van der Waals surface area (Å²) in [7, 11) is -3.27. The molecule has 0 aromatic rings. The van der Waals surface area contributed by atoms with Gasteiger partial charge in [0.05, 0.1) is 0 Å². The summed E-state index contributed by atoms with van der Waals surface area (Å²) in [5.74, 6) is 2.45. The molecule has 1 atom stereocenters. The van der Waals surface area contributed by atoms with Crippen LogP contribution >= 0.6 is 11.8 Å². The molecule has 1 unspecified atom stereocenters. The van der Waals surface area contributed by atoms with Crippen molar-refractivity contribution < 1.29 is 8.42 Å². The first kappa shape index (κ1) is 13.6. The number of nitrogens with two attached hydrogens (primary N) is 1. The van der Waals surface area contributed by atoms with Crippen molar-refractivity contribution in [3.8, 4) is 0 Å². The summed E-state index contributed by atoms with van der Waals surface area (Å²) in [6.07, 6.45) is 2.72. The van der Waals surface area contributed by atoms with E-state index < -0.39 is 10.2 Å². The molecule has 100 valence electrons. The van der Waals surface area contributed by atoms with Gasteiger partial charge in [-0.05, 0) is 37.5 Å². The van der Waals surface area contributed by atoms with Crippen molar-refractivity contribution in [2.24, 2.45) is 11.7 Å². The van der Waals surface area contributed by atoms with E-state index in [0.29, 0.717) is 25.6 Å². The van der Waals surface area contributed by atoms with Crippen LogP contribution in [0.3, 0.4) is 0 Å². The summed E-state index contributed by atoms with van der Waals surface area (Å²) in [5, 5.41) is 0. The molecule has 2 aliphatic rings. The third kappa shape index (κ3) is 3.57. The highest BCUT2D eigenvalue weighted by Crippen LogP contribution is 2.21. The Hall–Kier alpha value is 0.180. The van der Waals surface area contributed by atoms with Crippen molar-refractivity contribution in [2.75, 3.05) is 31.1 Å². The van der Waals surface area contributed by atoms with Crippen LogP contribution < -0.4 is 10.5 Å². The van der Waals surface area contributed by atoms with Crippen molar-refractivity contribution in [3.05, 3.63) is 0 Å². The van der Waals surface area contributed by atoms with Gasteiger partial charge in [0.15, 0.2) is 0 Å². The maximum absolute atomic E-state index is 12.1. The van der Waals surface area contributed by atoms with Crippen LogP contribution in [-0.4, -0.2) is 49.9 Å². The maximum atomic E-state index is 12.1. The van der Waals surface area contributed by atoms with E-state index in [4.69, 9.17) is 5.73 Å². The van der Waals surface area contributed by atoms with Gasteiger partial charge in [-0.25, -0.2) is 0 Å². The van der Waals surface area contributed by atoms with Crippen LogP contribution in [0.25, 0.3) is 0 Å². The Morgan fingerprint density at radius 2 is 2.00 bits per heavy atom. The lowest BCUT2D eigenvalue weighted by atomic mass is 9.99. The molecule has 2 rings (SSSR count). The highest BCUT2D eigenvalue weighted by atomic mass is 32.2. The largest absolute Gasteiger partial charge is 0.330 e. The first-order chi connectivity index (χ1) is 8.12. The van der Waals surface area contributed by atoms with Crippen LogP contribution in [0.1, 0.15) is 19.3 Å². The molecule has 0 aromatic carbocycles. The molecule has 0 bridgehead atoms. The molecule has 0 aromatic heterocycles. The molecule has 0 spiro atoms. The average molecular weight is 279 g/mol. The maximum Gasteiger partial charge on any atom is 0.279 e. The summed E-state index contributed by atoms with van der Waals surface area (Å²) >= 11 is 1.81. The molecule has 0 aliphatic carbocycles. The van der Waals surface area contributed by atoms with Crippen molar-refractivity contribution in [1.82, 2.24) is 9.03 Å². The number of hydrogen-bond acceptors (Lipinski definition) is 4. The van der Waals surface area contributed by atoms with Gasteiger partial charge < -0.3 is 5.73 Å². The molecule has 0 saturated carbocycles. The Morgan fingerprint density at radius 1 is 1.29 bits per heavy atom. The Bertz CT molecular complexity index is 333. The third-order valence-electron chi connectivity index (χ3n) is 3.49. The summed E-state index contributed by atoms with van der Waals surface area (Å²) < 4.78 is 28.6. The standard InChI is InChI=1S/C10H21N3O2S2/c11-7-9-1-4-13(5-2-9)17(14,15)12-10-3-6-16-8-10/h9-10,12H,1-8,11H2. The Balaban J connectivity index is 1.87. The number of rotatable bonds is 4. The van der Waals surface area contributed by atoms with E-state index >= 15 is 0 Å². The van der Waals surface area contributed by atoms with Gasteiger partial charge >= 0.3 is 0 Å². The van der Waals surface area contributed by atoms with Crippen LogP contribution in [0.5, 0.6) is 0 Å². The fraction of sp³-hybridized carbons (Fsp3) is 1.00. The minimum Gasteiger partial charge on any atom is -0.330 e. The molecular weight excluding hydrogens is 258 g/mol. The monoisotopic (exact) mass is 279 g/mol. The minimum atomic E-state index is -3.27. The molecule has 2 fully saturated rings. The van der Waals surface area contributed by atoms with Gasteiger partial charge in [-0.3, -0.25) is 0 Å². The zero-order valence-corrected chi connectivity index (χ0v) is 11.6. The Labute approximate surface area is 108 Å². The van der Waals surface area contributed by atoms with Crippen LogP contribution in [0.2, 0.25) is 0 Å². The zero-order valence-electron chi connectivity index (χ0n) is 9.97. The van der Waals surface area contributed by atoms with Crippen molar-refractivity contribution in [2.45, 2.75) is 25.3 Å². The summed E-state index contributed by atoms with van der Waals surface area (Å²) in [4.78, 5) is 0. The van der Waals surface area contributed by atoms with E-state index in [0.717, 1.165) is 30.8 Å². The van der Waals surface area contributed by atoms with Crippen molar-refractivity contribution in [3.63, 3.8) is 0 Å². The third-order valence-corrected chi connectivity index (χ3v) is 6.33. The van der Waals surface area contributed by atoms with E-state index in [1.165, 1.54) is 0 Å². The molecule has 0 amide bonds. The van der Waals surface area contributed by atoms with Gasteiger partial charge in [-0.1, -0.05) is 0 Å². The molecule has 2 heterocycles. The summed E-state index contributed by atoms with van der Waals surface area (Å²) in [6, 6.07) is 0.122. The van der Waals surface area contributed by atoms with Crippen molar-refractivity contribution in [1.29, 1.82) is 0 Å². The molecule has 5 nitrogen and oxygen atoms in total. The van der Waals surface area contributed by atoms with Gasteiger partial charge in [0, 0.05) is 24.9 Å². The summed E-state index contributed by atoms with van der Waals surface area (Å²) in [5.41, 5.74) is 5.60. The molecule has 2 aliphatic heterocycles. The fourth-order valence-corrected chi connectivity index (χ4v) is 5.02. The second-order valence-corrected chi connectivity index (χ2v) is 7.61. The summed E-state index contributed by atoms with van der Waals surface area (Å²) in [6.45, 7) is 1.88. The minimum absolute atomic E-state index is 0.122. The van der Waals surface area contributed by atoms with Gasteiger partial charge in [0.1, 0.15) is 0 Å². The smallest absolute Gasteiger partial charge is 0.279 e. The highest BCUT2D eigenvalue weighted by Gasteiger charge is 2.30. The number of nitrogens with one attached hydrogen (secondary N) is 1. The predicted octanol–water partition coefficient (Wildman–Crippen LogP) is -0.00300. The zero-order chi connectivity index (χ0) is 12.3. The van der Waals surface area contributed by atoms with E-state index in [1.807, 2.05) is 11.8 Å². The van der Waals surface area contributed by atoms with Gasteiger partial charge in [0.25, 0.3) is 10.2 Å². The average Bonchev–Trinajstić information content (AvgIpc) is 2.81. The number of thioether (sulfide) groups is 1. The van der Waals surface area contributed by atoms with Crippen LogP contribution in [0.15, 0.2) is 0 Å². The predicted molar refractivity (Wildman–Crippen MR) is 71.1 cm³/mol. The highest BCUT2D eigenvalue weighted by molar-refractivity contribution is 7.99. The number of hydrogen-bond donors (Lipinski definition) is 2. The van der Waals surface area contributed by atoms with Gasteiger partial charge in [0.2, 0.25) is 0 Å². The van der Waals surface area contributed by atoms with E-state index in [2.05, 4.69) is 4.72 Å². The number of piperidine rings is 1. The first-order valence-corrected chi connectivity index (χ1v) is 8.76. The molecule has 7 heteroatoms. The topological polar surface area (TPSA) is 75.4 Å². The van der Waals surface area contributed by atoms with Crippen LogP contribution in [0, 0.1) is 5.92 Å². The van der Waals surface area contributed by atoms with E-state index in [1.54, 1.807) is 4.31 Å². The van der Waals surface area contributed by atoms with Gasteiger partial charge in [-0.2, -0.15) is 29.2 Å².